The lowest BCUT2D eigenvalue weighted by Gasteiger charge is -2.39. The SMILES string of the molecule is CC1=NOC2(CCC(c3ccc(Cl)cc3)=C(CN3CCN(c4ccc(C(=O)NS(=O)(=O)c5ccc(N[C@H](CCN6CCOCC6)CSc6ccccc6)c(S(=O)(=O)C(F)(F)F)c5)cc4)CC3)C2)C1. The van der Waals surface area contributed by atoms with Crippen LogP contribution in [0, 0.1) is 0 Å². The fourth-order valence-corrected chi connectivity index (χ4v) is 12.3. The Labute approximate surface area is 405 Å². The van der Waals surface area contributed by atoms with Crippen molar-refractivity contribution >= 4 is 71.8 Å². The number of carbonyl (C=O) groups excluding carboxylic acids is 1. The average Bonchev–Trinajstić information content (AvgIpc) is 3.69. The van der Waals surface area contributed by atoms with Crippen molar-refractivity contribution in [3.63, 3.8) is 0 Å². The normalized spacial score (nSPS) is 20.2. The van der Waals surface area contributed by atoms with Crippen molar-refractivity contribution in [3.8, 4) is 0 Å². The molecule has 2 N–H and O–H groups in total. The van der Waals surface area contributed by atoms with Crippen LogP contribution >= 0.6 is 23.4 Å². The molecule has 3 aliphatic heterocycles. The zero-order valence-corrected chi connectivity index (χ0v) is 40.7. The number of amides is 1. The fraction of sp³-hybridized carbons (Fsp3) is 0.417. The molecule has 1 aliphatic carbocycles. The van der Waals surface area contributed by atoms with Crippen LogP contribution in [0.15, 0.2) is 122 Å². The Bertz CT molecular complexity index is 2720. The van der Waals surface area contributed by atoms with Gasteiger partial charge in [-0.05, 0) is 110 Å². The molecule has 1 amide bonds. The number of nitrogens with one attached hydrogen (secondary N) is 2. The van der Waals surface area contributed by atoms with Crippen molar-refractivity contribution in [2.24, 2.45) is 5.16 Å². The number of sulfonamides is 1. The van der Waals surface area contributed by atoms with Crippen LogP contribution in [-0.4, -0.2) is 127 Å². The van der Waals surface area contributed by atoms with Crippen molar-refractivity contribution in [1.82, 2.24) is 14.5 Å². The number of hydrogen-bond donors (Lipinski definition) is 2. The molecule has 0 radical (unpaired) electrons. The van der Waals surface area contributed by atoms with Crippen LogP contribution in [-0.2, 0) is 29.4 Å². The van der Waals surface area contributed by atoms with Gasteiger partial charge in [0.2, 0.25) is 0 Å². The summed E-state index contributed by atoms with van der Waals surface area (Å²) in [7, 11) is -10.9. The largest absolute Gasteiger partial charge is 0.501 e. The topological polar surface area (TPSA) is 150 Å². The van der Waals surface area contributed by atoms with Gasteiger partial charge in [0.05, 0.1) is 29.5 Å². The lowest BCUT2D eigenvalue weighted by molar-refractivity contribution is -0.0436. The number of alkyl halides is 3. The number of carbonyl (C=O) groups is 1. The predicted octanol–water partition coefficient (Wildman–Crippen LogP) is 8.34. The van der Waals surface area contributed by atoms with E-state index in [1.807, 2.05) is 54.1 Å². The minimum absolute atomic E-state index is 0.0161. The number of sulfone groups is 1. The number of oxime groups is 1. The van der Waals surface area contributed by atoms with Crippen molar-refractivity contribution in [2.75, 3.05) is 81.5 Å². The molecule has 2 fully saturated rings. The highest BCUT2D eigenvalue weighted by Gasteiger charge is 2.49. The number of halogens is 4. The number of morpholine rings is 1. The number of nitrogens with zero attached hydrogens (tertiary/aromatic N) is 4. The van der Waals surface area contributed by atoms with Crippen molar-refractivity contribution in [3.05, 3.63) is 119 Å². The molecule has 8 rings (SSSR count). The van der Waals surface area contributed by atoms with Crippen LogP contribution in [0.4, 0.5) is 24.5 Å². The van der Waals surface area contributed by atoms with Crippen molar-refractivity contribution in [1.29, 1.82) is 0 Å². The van der Waals surface area contributed by atoms with Gasteiger partial charge in [-0.1, -0.05) is 47.1 Å². The second-order valence-corrected chi connectivity index (χ2v) is 22.7. The summed E-state index contributed by atoms with van der Waals surface area (Å²) in [5.74, 6) is -0.671. The highest BCUT2D eigenvalue weighted by Crippen LogP contribution is 2.45. The van der Waals surface area contributed by atoms with E-state index >= 15 is 0 Å². The standard InChI is InChI=1S/C48H54ClF3N6O7S3/c1-34-30-47(65-54-34)19-17-43(35-7-11-38(49)12-8-35)37(31-47)32-57-21-23-58(24-22-57)40-13-9-36(10-14-40)46(59)55-68(62,63)42-15-16-44(45(29-42)67(60,61)48(50,51)52)53-39(18-20-56-25-27-64-28-26-56)33-66-41-5-3-2-4-6-41/h2-16,29,39,53H,17-28,30-33H2,1H3,(H,55,59)/t39-,47?/m1/s1. The van der Waals surface area contributed by atoms with E-state index < -0.39 is 52.8 Å². The van der Waals surface area contributed by atoms with Gasteiger partial charge in [0.1, 0.15) is 10.5 Å². The van der Waals surface area contributed by atoms with Gasteiger partial charge in [0.15, 0.2) is 0 Å². The lowest BCUT2D eigenvalue weighted by Crippen LogP contribution is -2.47. The summed E-state index contributed by atoms with van der Waals surface area (Å²) in [5.41, 5.74) is -0.872. The molecule has 2 saturated heterocycles. The molecule has 3 heterocycles. The molecule has 0 saturated carbocycles. The third-order valence-electron chi connectivity index (χ3n) is 12.8. The van der Waals surface area contributed by atoms with E-state index in [-0.39, 0.29) is 11.2 Å². The molecule has 0 aromatic heterocycles. The molecule has 13 nitrogen and oxygen atoms in total. The summed E-state index contributed by atoms with van der Waals surface area (Å²) in [6.07, 6.45) is 3.79. The molecule has 4 aliphatic rings. The van der Waals surface area contributed by atoms with E-state index in [4.69, 9.17) is 21.2 Å². The predicted molar refractivity (Wildman–Crippen MR) is 260 cm³/mol. The van der Waals surface area contributed by atoms with Gasteiger partial charge in [-0.3, -0.25) is 14.6 Å². The minimum Gasteiger partial charge on any atom is -0.389 e. The van der Waals surface area contributed by atoms with Crippen molar-refractivity contribution in [2.45, 2.75) is 70.9 Å². The maximum Gasteiger partial charge on any atom is 0.501 e. The van der Waals surface area contributed by atoms with Gasteiger partial charge in [-0.2, -0.15) is 13.2 Å². The number of allylic oxidation sites excluding steroid dienone is 1. The second-order valence-electron chi connectivity index (χ2n) is 17.6. The molecule has 4 aromatic rings. The smallest absolute Gasteiger partial charge is 0.389 e. The molecular formula is C48H54ClF3N6O7S3. The number of anilines is 2. The first-order valence-electron chi connectivity index (χ1n) is 22.5. The van der Waals surface area contributed by atoms with E-state index in [2.05, 4.69) is 37.3 Å². The number of thioether (sulfide) groups is 1. The molecule has 4 aromatic carbocycles. The fourth-order valence-electron chi connectivity index (χ4n) is 9.13. The molecule has 364 valence electrons. The first-order chi connectivity index (χ1) is 32.5. The summed E-state index contributed by atoms with van der Waals surface area (Å²) >= 11 is 7.67. The summed E-state index contributed by atoms with van der Waals surface area (Å²) in [6.45, 7) is 8.70. The summed E-state index contributed by atoms with van der Waals surface area (Å²) < 4.78 is 103. The van der Waals surface area contributed by atoms with Gasteiger partial charge in [-0.15, -0.1) is 11.8 Å². The average molecular weight is 1020 g/mol. The number of benzene rings is 4. The van der Waals surface area contributed by atoms with Crippen molar-refractivity contribution < 1.29 is 44.4 Å². The summed E-state index contributed by atoms with van der Waals surface area (Å²) in [6, 6.07) is 25.6. The number of ether oxygens (including phenoxy) is 1. The Morgan fingerprint density at radius 1 is 0.882 bits per heavy atom. The third-order valence-corrected chi connectivity index (χ3v) is 17.1. The van der Waals surface area contributed by atoms with E-state index in [1.165, 1.54) is 35.0 Å². The maximum atomic E-state index is 14.2. The zero-order chi connectivity index (χ0) is 48.1. The highest BCUT2D eigenvalue weighted by molar-refractivity contribution is 7.99. The lowest BCUT2D eigenvalue weighted by atomic mass is 9.76. The molecule has 0 bridgehead atoms. The van der Waals surface area contributed by atoms with Crippen LogP contribution in [0.3, 0.4) is 0 Å². The highest BCUT2D eigenvalue weighted by atomic mass is 35.5. The van der Waals surface area contributed by atoms with Gasteiger partial charge >= 0.3 is 5.51 Å². The monoisotopic (exact) mass is 1010 g/mol. The van der Waals surface area contributed by atoms with Gasteiger partial charge in [0.25, 0.3) is 25.8 Å². The van der Waals surface area contributed by atoms with E-state index in [0.717, 1.165) is 79.3 Å². The van der Waals surface area contributed by atoms with Gasteiger partial charge in [-0.25, -0.2) is 21.6 Å². The van der Waals surface area contributed by atoms with Crippen LogP contribution < -0.4 is 14.9 Å². The number of rotatable bonds is 16. The van der Waals surface area contributed by atoms with E-state index in [1.54, 1.807) is 12.1 Å². The molecule has 2 atom stereocenters. The molecular weight excluding hydrogens is 961 g/mol. The molecule has 1 unspecified atom stereocenters. The molecule has 68 heavy (non-hydrogen) atoms. The first kappa shape index (κ1) is 49.8. The zero-order valence-electron chi connectivity index (χ0n) is 37.5. The Kier molecular flexibility index (Phi) is 15.5. The maximum absolute atomic E-state index is 14.2. The molecule has 20 heteroatoms. The quantitative estimate of drug-likeness (QED) is 0.104. The Morgan fingerprint density at radius 2 is 1.59 bits per heavy atom. The summed E-state index contributed by atoms with van der Waals surface area (Å²) in [5, 5.41) is 7.97. The molecule has 1 spiro atoms. The van der Waals surface area contributed by atoms with Crippen LogP contribution in [0.2, 0.25) is 5.02 Å². The number of hydrogen-bond acceptors (Lipinski definition) is 13. The van der Waals surface area contributed by atoms with Gasteiger partial charge in [0, 0.05) is 98.2 Å². The summed E-state index contributed by atoms with van der Waals surface area (Å²) in [4.78, 5) is 25.0. The van der Waals surface area contributed by atoms with Crippen LogP contribution in [0.25, 0.3) is 5.57 Å². The first-order valence-corrected chi connectivity index (χ1v) is 26.8. The Hall–Kier alpha value is -4.63. The van der Waals surface area contributed by atoms with E-state index in [9.17, 15) is 34.8 Å². The number of piperazine rings is 1. The Balaban J connectivity index is 0.927. The third kappa shape index (κ3) is 12.0. The minimum atomic E-state index is -6.06. The Morgan fingerprint density at radius 3 is 2.25 bits per heavy atom. The second kappa shape index (κ2) is 21.2. The van der Waals surface area contributed by atoms with E-state index in [0.29, 0.717) is 69.2 Å². The van der Waals surface area contributed by atoms with Crippen LogP contribution in [0.1, 0.15) is 54.9 Å². The van der Waals surface area contributed by atoms with Crippen LogP contribution in [0.5, 0.6) is 0 Å². The van der Waals surface area contributed by atoms with Gasteiger partial charge < -0.3 is 19.8 Å².